The van der Waals surface area contributed by atoms with Crippen LogP contribution in [0, 0.1) is 0 Å². The molecule has 0 aromatic heterocycles. The van der Waals surface area contributed by atoms with Crippen molar-refractivity contribution in [2.45, 2.75) is 25.5 Å². The largest absolute Gasteiger partial charge is 0.379 e. The monoisotopic (exact) mass is 207 g/mol. The standard InChI is InChI=1S/C8H17NO3S/c1-8(2,3)13(11-12-13)9-4-6-10-7-5-9/h4-7H2,1-3H3. The molecule has 2 saturated heterocycles. The van der Waals surface area contributed by atoms with Gasteiger partial charge in [-0.25, -0.2) is 0 Å². The van der Waals surface area contributed by atoms with E-state index < -0.39 is 10.8 Å². The first-order valence-corrected chi connectivity index (χ1v) is 6.04. The van der Waals surface area contributed by atoms with Crippen LogP contribution in [0.15, 0.2) is 0 Å². The molecule has 0 spiro atoms. The fourth-order valence-corrected chi connectivity index (χ4v) is 3.69. The fourth-order valence-electron chi connectivity index (χ4n) is 1.49. The molecule has 0 aromatic carbocycles. The van der Waals surface area contributed by atoms with E-state index in [1.807, 2.05) is 0 Å². The Morgan fingerprint density at radius 3 is 2.00 bits per heavy atom. The van der Waals surface area contributed by atoms with Gasteiger partial charge in [-0.1, -0.05) is 19.4 Å². The summed E-state index contributed by atoms with van der Waals surface area (Å²) in [6, 6.07) is 0. The van der Waals surface area contributed by atoms with Gasteiger partial charge in [-0.3, -0.25) is 0 Å². The molecule has 0 amide bonds. The maximum absolute atomic E-state index is 5.30. The van der Waals surface area contributed by atoms with Crippen molar-refractivity contribution in [1.82, 2.24) is 4.31 Å². The van der Waals surface area contributed by atoms with Gasteiger partial charge in [0.1, 0.15) is 0 Å². The molecule has 2 aliphatic heterocycles. The van der Waals surface area contributed by atoms with Gasteiger partial charge in [0, 0.05) is 13.1 Å². The Bertz CT molecular complexity index is 194. The summed E-state index contributed by atoms with van der Waals surface area (Å²) in [7, 11) is -1.40. The summed E-state index contributed by atoms with van der Waals surface area (Å²) in [4.78, 5) is 0. The van der Waals surface area contributed by atoms with E-state index in [9.17, 15) is 0 Å². The number of hydrogen-bond acceptors (Lipinski definition) is 4. The van der Waals surface area contributed by atoms with E-state index in [4.69, 9.17) is 13.4 Å². The Hall–Kier alpha value is 0.190. The van der Waals surface area contributed by atoms with Crippen LogP contribution in [0.3, 0.4) is 0 Å². The van der Waals surface area contributed by atoms with E-state index in [0.29, 0.717) is 0 Å². The Kier molecular flexibility index (Phi) is 2.32. The van der Waals surface area contributed by atoms with E-state index in [1.54, 1.807) is 0 Å². The van der Waals surface area contributed by atoms with Crippen LogP contribution in [0.1, 0.15) is 20.8 Å². The minimum absolute atomic E-state index is 0.0737. The van der Waals surface area contributed by atoms with Gasteiger partial charge in [-0.2, -0.15) is 4.31 Å². The van der Waals surface area contributed by atoms with Crippen LogP contribution in [0.4, 0.5) is 0 Å². The molecule has 4 nitrogen and oxygen atoms in total. The molecule has 2 heterocycles. The van der Waals surface area contributed by atoms with Gasteiger partial charge >= 0.3 is 0 Å². The molecule has 0 unspecified atom stereocenters. The zero-order chi connectivity index (χ0) is 9.53. The quantitative estimate of drug-likeness (QED) is 0.484. The second-order valence-corrected chi connectivity index (χ2v) is 7.23. The Morgan fingerprint density at radius 1 is 1.08 bits per heavy atom. The van der Waals surface area contributed by atoms with Gasteiger partial charge in [-0.05, 0) is 20.8 Å². The molecule has 0 atom stereocenters. The zero-order valence-corrected chi connectivity index (χ0v) is 9.23. The van der Waals surface area contributed by atoms with Crippen molar-refractivity contribution in [3.63, 3.8) is 0 Å². The summed E-state index contributed by atoms with van der Waals surface area (Å²) in [5.41, 5.74) is 0. The molecule has 2 rings (SSSR count). The van der Waals surface area contributed by atoms with E-state index >= 15 is 0 Å². The third-order valence-electron chi connectivity index (χ3n) is 2.28. The van der Waals surface area contributed by atoms with E-state index in [-0.39, 0.29) is 4.75 Å². The van der Waals surface area contributed by atoms with Gasteiger partial charge in [0.25, 0.3) is 0 Å². The maximum atomic E-state index is 5.30. The number of ether oxygens (including phenoxy) is 1. The minimum atomic E-state index is -1.40. The van der Waals surface area contributed by atoms with Crippen LogP contribution in [-0.2, 0) is 13.4 Å². The lowest BCUT2D eigenvalue weighted by molar-refractivity contribution is 0.0744. The minimum Gasteiger partial charge on any atom is -0.379 e. The Labute approximate surface area is 80.9 Å². The highest BCUT2D eigenvalue weighted by atomic mass is 32.3. The lowest BCUT2D eigenvalue weighted by atomic mass is 10.3. The van der Waals surface area contributed by atoms with Crippen molar-refractivity contribution in [2.24, 2.45) is 0 Å². The third-order valence-corrected chi connectivity index (χ3v) is 5.27. The molecule has 0 aliphatic carbocycles. The summed E-state index contributed by atoms with van der Waals surface area (Å²) in [5.74, 6) is 0. The van der Waals surface area contributed by atoms with Gasteiger partial charge in [0.2, 0.25) is 0 Å². The van der Waals surface area contributed by atoms with E-state index in [1.165, 1.54) is 0 Å². The summed E-state index contributed by atoms with van der Waals surface area (Å²) < 4.78 is 18.2. The van der Waals surface area contributed by atoms with Crippen molar-refractivity contribution in [3.8, 4) is 0 Å². The maximum Gasteiger partial charge on any atom is 0.0729 e. The van der Waals surface area contributed by atoms with Crippen LogP contribution in [0.2, 0.25) is 0 Å². The molecule has 0 N–H and O–H groups in total. The van der Waals surface area contributed by atoms with Gasteiger partial charge in [-0.15, -0.1) is 0 Å². The summed E-state index contributed by atoms with van der Waals surface area (Å²) in [5, 5.41) is 0. The predicted octanol–water partition coefficient (Wildman–Crippen LogP) is 1.63. The average Bonchev–Trinajstić information content (AvgIpc) is 2.84. The number of rotatable bonds is 1. The highest BCUT2D eigenvalue weighted by Crippen LogP contribution is 2.75. The van der Waals surface area contributed by atoms with Crippen molar-refractivity contribution < 1.29 is 13.4 Å². The van der Waals surface area contributed by atoms with Crippen molar-refractivity contribution in [1.29, 1.82) is 0 Å². The number of hydrogen-bond donors (Lipinski definition) is 0. The third kappa shape index (κ3) is 1.59. The second-order valence-electron chi connectivity index (χ2n) is 4.26. The van der Waals surface area contributed by atoms with E-state index in [2.05, 4.69) is 25.1 Å². The van der Waals surface area contributed by atoms with Gasteiger partial charge in [0.15, 0.2) is 0 Å². The van der Waals surface area contributed by atoms with E-state index in [0.717, 1.165) is 26.3 Å². The van der Waals surface area contributed by atoms with Crippen LogP contribution < -0.4 is 0 Å². The van der Waals surface area contributed by atoms with Crippen LogP contribution in [-0.4, -0.2) is 35.4 Å². The summed E-state index contributed by atoms with van der Waals surface area (Å²) in [6.45, 7) is 9.90. The zero-order valence-electron chi connectivity index (χ0n) is 8.41. The summed E-state index contributed by atoms with van der Waals surface area (Å²) >= 11 is 0. The van der Waals surface area contributed by atoms with Crippen molar-refractivity contribution >= 4 is 10.8 Å². The topological polar surface area (TPSA) is 37.5 Å². The molecule has 0 saturated carbocycles. The molecular formula is C8H17NO3S. The molecule has 0 radical (unpaired) electrons. The molecule has 78 valence electrons. The highest BCUT2D eigenvalue weighted by molar-refractivity contribution is 8.28. The smallest absolute Gasteiger partial charge is 0.0729 e. The molecular weight excluding hydrogens is 190 g/mol. The van der Waals surface area contributed by atoms with Gasteiger partial charge in [0.05, 0.1) is 18.0 Å². The van der Waals surface area contributed by atoms with Crippen molar-refractivity contribution in [2.75, 3.05) is 26.3 Å². The molecule has 13 heavy (non-hydrogen) atoms. The normalized spacial score (nSPS) is 31.3. The first-order valence-electron chi connectivity index (χ1n) is 4.60. The SMILES string of the molecule is CC(C)(C)S1(N2CCOCC2)OO1. The molecule has 2 aliphatic rings. The molecule has 5 heteroatoms. The Balaban J connectivity index is 2.06. The van der Waals surface area contributed by atoms with Crippen LogP contribution in [0.25, 0.3) is 0 Å². The molecule has 2 fully saturated rings. The average molecular weight is 207 g/mol. The van der Waals surface area contributed by atoms with Crippen molar-refractivity contribution in [3.05, 3.63) is 0 Å². The first kappa shape index (κ1) is 9.73. The lowest BCUT2D eigenvalue weighted by Gasteiger charge is -2.41. The Morgan fingerprint density at radius 2 is 1.62 bits per heavy atom. The number of nitrogens with zero attached hydrogens (tertiary/aromatic N) is 1. The highest BCUT2D eigenvalue weighted by Gasteiger charge is 2.54. The van der Waals surface area contributed by atoms with Crippen LogP contribution in [0.5, 0.6) is 0 Å². The fraction of sp³-hybridized carbons (Fsp3) is 1.00. The lowest BCUT2D eigenvalue weighted by Crippen LogP contribution is -2.39. The number of morpholine rings is 1. The molecule has 0 bridgehead atoms. The van der Waals surface area contributed by atoms with Gasteiger partial charge < -0.3 is 4.74 Å². The predicted molar refractivity (Wildman–Crippen MR) is 51.9 cm³/mol. The second kappa shape index (κ2) is 3.10. The molecule has 0 aromatic rings. The first-order chi connectivity index (χ1) is 6.06. The summed E-state index contributed by atoms with van der Waals surface area (Å²) in [6.07, 6.45) is 0. The van der Waals surface area contributed by atoms with Crippen LogP contribution >= 0.6 is 10.8 Å².